The molecule has 0 saturated heterocycles. The van der Waals surface area contributed by atoms with Crippen LogP contribution in [0.25, 0.3) is 11.1 Å². The van der Waals surface area contributed by atoms with Crippen molar-refractivity contribution in [2.75, 3.05) is 13.6 Å². The highest BCUT2D eigenvalue weighted by Gasteiger charge is 2.10. The van der Waals surface area contributed by atoms with Crippen LogP contribution in [0.3, 0.4) is 0 Å². The summed E-state index contributed by atoms with van der Waals surface area (Å²) in [5.41, 5.74) is 5.42. The van der Waals surface area contributed by atoms with Gasteiger partial charge in [-0.05, 0) is 44.2 Å². The van der Waals surface area contributed by atoms with Crippen molar-refractivity contribution in [3.05, 3.63) is 69.7 Å². The summed E-state index contributed by atoms with van der Waals surface area (Å²) in [6, 6.07) is 14.1. The molecular weight excluding hydrogens is 288 g/mol. The van der Waals surface area contributed by atoms with Crippen LogP contribution in [0.1, 0.15) is 16.7 Å². The first-order valence-electron chi connectivity index (χ1n) is 7.87. The maximum Gasteiger partial charge on any atom is 0.419 e. The Balaban J connectivity index is 1.70. The second-order valence-electron chi connectivity index (χ2n) is 6.16. The Kier molecular flexibility index (Phi) is 4.35. The first-order chi connectivity index (χ1) is 11.0. The first-order valence-corrected chi connectivity index (χ1v) is 7.87. The topological polar surface area (TPSA) is 38.4 Å². The number of hydrogen-bond acceptors (Lipinski definition) is 3. The number of oxazole rings is 1. The smallest absolute Gasteiger partial charge is 0.408 e. The molecule has 0 aliphatic rings. The highest BCUT2D eigenvalue weighted by molar-refractivity contribution is 5.72. The highest BCUT2D eigenvalue weighted by atomic mass is 16.4. The van der Waals surface area contributed by atoms with E-state index in [0.717, 1.165) is 18.6 Å². The molecule has 0 amide bonds. The van der Waals surface area contributed by atoms with E-state index in [-0.39, 0.29) is 5.76 Å². The number of para-hydroxylation sites is 2. The van der Waals surface area contributed by atoms with Gasteiger partial charge in [-0.1, -0.05) is 35.9 Å². The SMILES string of the molecule is Cc1ccc(CN(C)CCn2c(=O)oc3ccccc32)c(C)c1. The fourth-order valence-electron chi connectivity index (χ4n) is 2.89. The minimum atomic E-state index is -0.286. The Morgan fingerprint density at radius 2 is 1.91 bits per heavy atom. The Morgan fingerprint density at radius 1 is 1.13 bits per heavy atom. The molecule has 1 aromatic heterocycles. The predicted molar refractivity (Wildman–Crippen MR) is 92.7 cm³/mol. The largest absolute Gasteiger partial charge is 0.419 e. The van der Waals surface area contributed by atoms with Crippen molar-refractivity contribution >= 4 is 11.1 Å². The fraction of sp³-hybridized carbons (Fsp3) is 0.316. The van der Waals surface area contributed by atoms with Crippen molar-refractivity contribution in [3.63, 3.8) is 0 Å². The zero-order valence-electron chi connectivity index (χ0n) is 13.9. The monoisotopic (exact) mass is 310 g/mol. The van der Waals surface area contributed by atoms with Crippen molar-refractivity contribution in [1.82, 2.24) is 9.47 Å². The molecule has 4 heteroatoms. The molecule has 0 bridgehead atoms. The van der Waals surface area contributed by atoms with Gasteiger partial charge in [0.2, 0.25) is 0 Å². The zero-order valence-corrected chi connectivity index (χ0v) is 13.9. The Morgan fingerprint density at radius 3 is 2.70 bits per heavy atom. The van der Waals surface area contributed by atoms with Crippen molar-refractivity contribution in [1.29, 1.82) is 0 Å². The van der Waals surface area contributed by atoms with E-state index in [1.165, 1.54) is 16.7 Å². The summed E-state index contributed by atoms with van der Waals surface area (Å²) < 4.78 is 6.97. The van der Waals surface area contributed by atoms with Gasteiger partial charge in [-0.3, -0.25) is 4.57 Å². The van der Waals surface area contributed by atoms with Gasteiger partial charge in [-0.15, -0.1) is 0 Å². The lowest BCUT2D eigenvalue weighted by Gasteiger charge is -2.18. The third-order valence-corrected chi connectivity index (χ3v) is 4.22. The Bertz CT molecular complexity index is 876. The highest BCUT2D eigenvalue weighted by Crippen LogP contribution is 2.14. The molecule has 0 unspecified atom stereocenters. The van der Waals surface area contributed by atoms with E-state index >= 15 is 0 Å². The van der Waals surface area contributed by atoms with Gasteiger partial charge >= 0.3 is 5.76 Å². The fourth-order valence-corrected chi connectivity index (χ4v) is 2.89. The third-order valence-electron chi connectivity index (χ3n) is 4.22. The number of likely N-dealkylation sites (N-methyl/N-ethyl adjacent to an activating group) is 1. The molecule has 0 aliphatic heterocycles. The van der Waals surface area contributed by atoms with Crippen LogP contribution in [-0.2, 0) is 13.1 Å². The van der Waals surface area contributed by atoms with E-state index in [1.54, 1.807) is 4.57 Å². The molecule has 23 heavy (non-hydrogen) atoms. The second-order valence-corrected chi connectivity index (χ2v) is 6.16. The first kappa shape index (κ1) is 15.6. The number of benzene rings is 2. The summed E-state index contributed by atoms with van der Waals surface area (Å²) in [6.07, 6.45) is 0. The van der Waals surface area contributed by atoms with Gasteiger partial charge in [0.25, 0.3) is 0 Å². The van der Waals surface area contributed by atoms with Crippen LogP contribution < -0.4 is 5.76 Å². The normalized spacial score (nSPS) is 11.5. The molecule has 0 spiro atoms. The predicted octanol–water partition coefficient (Wildman–Crippen LogP) is 3.34. The number of fused-ring (bicyclic) bond motifs is 1. The van der Waals surface area contributed by atoms with E-state index in [1.807, 2.05) is 24.3 Å². The van der Waals surface area contributed by atoms with Crippen LogP contribution >= 0.6 is 0 Å². The number of hydrogen-bond donors (Lipinski definition) is 0. The van der Waals surface area contributed by atoms with Gasteiger partial charge < -0.3 is 9.32 Å². The third kappa shape index (κ3) is 3.37. The molecule has 2 aromatic carbocycles. The van der Waals surface area contributed by atoms with E-state index in [0.29, 0.717) is 12.1 Å². The van der Waals surface area contributed by atoms with Crippen LogP contribution in [0.2, 0.25) is 0 Å². The molecule has 0 atom stereocenters. The van der Waals surface area contributed by atoms with E-state index < -0.39 is 0 Å². The van der Waals surface area contributed by atoms with E-state index in [9.17, 15) is 4.79 Å². The zero-order chi connectivity index (χ0) is 16.4. The summed E-state index contributed by atoms with van der Waals surface area (Å²) in [5, 5.41) is 0. The lowest BCUT2D eigenvalue weighted by atomic mass is 10.1. The van der Waals surface area contributed by atoms with E-state index in [2.05, 4.69) is 44.0 Å². The van der Waals surface area contributed by atoms with E-state index in [4.69, 9.17) is 4.42 Å². The van der Waals surface area contributed by atoms with Gasteiger partial charge in [0.1, 0.15) is 0 Å². The maximum absolute atomic E-state index is 12.0. The van der Waals surface area contributed by atoms with Crippen LogP contribution in [0.5, 0.6) is 0 Å². The van der Waals surface area contributed by atoms with Gasteiger partial charge in [0.05, 0.1) is 5.52 Å². The lowest BCUT2D eigenvalue weighted by molar-refractivity contribution is 0.307. The minimum absolute atomic E-state index is 0.286. The second kappa shape index (κ2) is 6.42. The summed E-state index contributed by atoms with van der Waals surface area (Å²) in [7, 11) is 2.08. The number of aryl methyl sites for hydroxylation is 2. The average Bonchev–Trinajstić information content (AvgIpc) is 2.83. The quantitative estimate of drug-likeness (QED) is 0.725. The summed E-state index contributed by atoms with van der Waals surface area (Å²) in [5.74, 6) is -0.286. The van der Waals surface area contributed by atoms with Crippen LogP contribution in [0.15, 0.2) is 51.7 Å². The van der Waals surface area contributed by atoms with Crippen LogP contribution in [0, 0.1) is 13.8 Å². The molecular formula is C19H22N2O2. The molecule has 0 fully saturated rings. The van der Waals surface area contributed by atoms with Gasteiger partial charge in [-0.2, -0.15) is 0 Å². The minimum Gasteiger partial charge on any atom is -0.408 e. The molecule has 0 radical (unpaired) electrons. The van der Waals surface area contributed by atoms with Crippen molar-refractivity contribution in [2.24, 2.45) is 0 Å². The summed E-state index contributed by atoms with van der Waals surface area (Å²) >= 11 is 0. The average molecular weight is 310 g/mol. The molecule has 3 aromatic rings. The lowest BCUT2D eigenvalue weighted by Crippen LogP contribution is -2.26. The number of nitrogens with zero attached hydrogens (tertiary/aromatic N) is 2. The molecule has 1 heterocycles. The summed E-state index contributed by atoms with van der Waals surface area (Å²) in [4.78, 5) is 14.2. The molecule has 120 valence electrons. The van der Waals surface area contributed by atoms with Crippen LogP contribution in [0.4, 0.5) is 0 Å². The molecule has 4 nitrogen and oxygen atoms in total. The molecule has 0 N–H and O–H groups in total. The van der Waals surface area contributed by atoms with Gasteiger partial charge in [0.15, 0.2) is 5.58 Å². The Labute approximate surface area is 136 Å². The van der Waals surface area contributed by atoms with Crippen molar-refractivity contribution < 1.29 is 4.42 Å². The molecule has 0 saturated carbocycles. The van der Waals surface area contributed by atoms with Crippen LogP contribution in [-0.4, -0.2) is 23.1 Å². The van der Waals surface area contributed by atoms with Gasteiger partial charge in [0, 0.05) is 19.6 Å². The molecule has 3 rings (SSSR count). The maximum atomic E-state index is 12.0. The standard InChI is InChI=1S/C19H22N2O2/c1-14-8-9-16(15(2)12-14)13-20(3)10-11-21-17-6-4-5-7-18(17)23-19(21)22/h4-9,12H,10-11,13H2,1-3H3. The number of rotatable bonds is 5. The molecule has 0 aliphatic carbocycles. The number of aromatic nitrogens is 1. The van der Waals surface area contributed by atoms with Gasteiger partial charge in [-0.25, -0.2) is 4.79 Å². The Hall–Kier alpha value is -2.33. The van der Waals surface area contributed by atoms with Crippen molar-refractivity contribution in [3.8, 4) is 0 Å². The van der Waals surface area contributed by atoms with Crippen molar-refractivity contribution in [2.45, 2.75) is 26.9 Å². The summed E-state index contributed by atoms with van der Waals surface area (Å²) in [6.45, 7) is 6.53.